The average Bonchev–Trinajstić information content (AvgIpc) is 3.23. The molecule has 3 aromatic heterocycles. The molecule has 0 bridgehead atoms. The van der Waals surface area contributed by atoms with E-state index in [1.165, 1.54) is 0 Å². The fourth-order valence-corrected chi connectivity index (χ4v) is 3.96. The van der Waals surface area contributed by atoms with Crippen LogP contribution in [-0.4, -0.2) is 57.7 Å². The van der Waals surface area contributed by atoms with E-state index in [1.807, 2.05) is 25.1 Å². The van der Waals surface area contributed by atoms with Crippen LogP contribution in [0.25, 0.3) is 0 Å². The molecule has 0 radical (unpaired) electrons. The van der Waals surface area contributed by atoms with Crippen molar-refractivity contribution in [3.63, 3.8) is 0 Å². The van der Waals surface area contributed by atoms with Gasteiger partial charge in [-0.3, -0.25) is 14.7 Å². The number of furan rings is 1. The molecule has 7 nitrogen and oxygen atoms in total. The maximum Gasteiger partial charge on any atom is 0.260 e. The van der Waals surface area contributed by atoms with E-state index in [4.69, 9.17) is 4.42 Å². The van der Waals surface area contributed by atoms with E-state index < -0.39 is 0 Å². The predicted octanol–water partition coefficient (Wildman–Crippen LogP) is 2.24. The first kappa shape index (κ1) is 19.4. The van der Waals surface area contributed by atoms with Crippen molar-refractivity contribution < 1.29 is 9.52 Å². The van der Waals surface area contributed by atoms with Gasteiger partial charge in [0.15, 0.2) is 0 Å². The quantitative estimate of drug-likeness (QED) is 0.715. The minimum absolute atomic E-state index is 0.0241. The van der Waals surface area contributed by atoms with Crippen molar-refractivity contribution in [2.45, 2.75) is 19.5 Å². The van der Waals surface area contributed by atoms with Crippen molar-refractivity contribution in [2.75, 3.05) is 33.2 Å². The van der Waals surface area contributed by atoms with Crippen LogP contribution in [0, 0.1) is 6.92 Å². The number of aryl methyl sites for hydroxylation is 1. The number of aromatic nitrogens is 2. The summed E-state index contributed by atoms with van der Waals surface area (Å²) in [5, 5.41) is 10.8. The van der Waals surface area contributed by atoms with Gasteiger partial charge in [-0.25, -0.2) is 0 Å². The Hall–Kier alpha value is -2.90. The van der Waals surface area contributed by atoms with Crippen molar-refractivity contribution in [3.05, 3.63) is 81.9 Å². The summed E-state index contributed by atoms with van der Waals surface area (Å²) in [7, 11) is 2.09. The van der Waals surface area contributed by atoms with Crippen molar-refractivity contribution >= 4 is 0 Å². The summed E-state index contributed by atoms with van der Waals surface area (Å²) in [6.07, 6.45) is 5.09. The lowest BCUT2D eigenvalue weighted by molar-refractivity contribution is 0.125. The van der Waals surface area contributed by atoms with E-state index in [2.05, 4.69) is 21.8 Å². The highest BCUT2D eigenvalue weighted by Crippen LogP contribution is 2.32. The Kier molecular flexibility index (Phi) is 5.51. The molecule has 1 aliphatic heterocycles. The standard InChI is InChI=1S/C22H26N4O3/c1-16-13-19(27)20(22(28)26(16)15-18-6-4-12-29-18)21(17-5-3-7-23-14-17)25-10-8-24(2)9-11-25/h3-7,12-14,21,27H,8-11,15H2,1-2H3/t21-/m0/s1. The van der Waals surface area contributed by atoms with Crippen molar-refractivity contribution in [2.24, 2.45) is 0 Å². The van der Waals surface area contributed by atoms with Crippen LogP contribution < -0.4 is 5.56 Å². The van der Waals surface area contributed by atoms with Gasteiger partial charge in [-0.15, -0.1) is 0 Å². The van der Waals surface area contributed by atoms with Gasteiger partial charge in [0.05, 0.1) is 24.4 Å². The number of nitrogens with zero attached hydrogens (tertiary/aromatic N) is 4. The van der Waals surface area contributed by atoms with Gasteiger partial charge in [-0.2, -0.15) is 0 Å². The molecule has 0 saturated carbocycles. The summed E-state index contributed by atoms with van der Waals surface area (Å²) in [5.41, 5.74) is 1.78. The Morgan fingerprint density at radius 2 is 2.00 bits per heavy atom. The molecule has 3 aromatic rings. The Morgan fingerprint density at radius 3 is 2.66 bits per heavy atom. The summed E-state index contributed by atoms with van der Waals surface area (Å²) in [4.78, 5) is 22.3. The maximum atomic E-state index is 13.6. The first-order chi connectivity index (χ1) is 14.0. The number of pyridine rings is 2. The number of likely N-dealkylation sites (N-methyl/N-ethyl adjacent to an activating group) is 1. The number of hydrogen-bond donors (Lipinski definition) is 1. The Morgan fingerprint density at radius 1 is 1.21 bits per heavy atom. The fraction of sp³-hybridized carbons (Fsp3) is 0.364. The molecular formula is C22H26N4O3. The second-order valence-electron chi connectivity index (χ2n) is 7.58. The summed E-state index contributed by atoms with van der Waals surface area (Å²) in [6.45, 7) is 5.58. The number of hydrogen-bond acceptors (Lipinski definition) is 6. The molecule has 7 heteroatoms. The van der Waals surface area contributed by atoms with Crippen LogP contribution in [0.5, 0.6) is 5.75 Å². The molecule has 1 N–H and O–H groups in total. The zero-order chi connectivity index (χ0) is 20.4. The van der Waals surface area contributed by atoms with E-state index in [9.17, 15) is 9.90 Å². The third-order valence-electron chi connectivity index (χ3n) is 5.59. The van der Waals surface area contributed by atoms with Crippen LogP contribution in [0.1, 0.15) is 28.6 Å². The molecule has 1 fully saturated rings. The van der Waals surface area contributed by atoms with Crippen molar-refractivity contribution in [3.8, 4) is 5.75 Å². The lowest BCUT2D eigenvalue weighted by Gasteiger charge is -2.38. The third-order valence-corrected chi connectivity index (χ3v) is 5.59. The summed E-state index contributed by atoms with van der Waals surface area (Å²) in [6, 6.07) is 8.79. The highest BCUT2D eigenvalue weighted by molar-refractivity contribution is 5.40. The van der Waals surface area contributed by atoms with Crippen LogP contribution in [0.4, 0.5) is 0 Å². The van der Waals surface area contributed by atoms with E-state index in [-0.39, 0.29) is 17.4 Å². The molecule has 152 valence electrons. The monoisotopic (exact) mass is 394 g/mol. The number of rotatable bonds is 5. The molecular weight excluding hydrogens is 368 g/mol. The molecule has 0 aliphatic carbocycles. The molecule has 1 aliphatic rings. The van der Waals surface area contributed by atoms with Crippen LogP contribution in [-0.2, 0) is 6.54 Å². The van der Waals surface area contributed by atoms with Gasteiger partial charge in [0.2, 0.25) is 0 Å². The van der Waals surface area contributed by atoms with Crippen molar-refractivity contribution in [1.29, 1.82) is 0 Å². The Bertz CT molecular complexity index is 1010. The van der Waals surface area contributed by atoms with Crippen LogP contribution in [0.15, 0.2) is 58.2 Å². The molecule has 4 heterocycles. The van der Waals surface area contributed by atoms with E-state index in [0.29, 0.717) is 23.6 Å². The van der Waals surface area contributed by atoms with Gasteiger partial charge in [-0.1, -0.05) is 6.07 Å². The van der Waals surface area contributed by atoms with Gasteiger partial charge in [-0.05, 0) is 43.8 Å². The second kappa shape index (κ2) is 8.23. The zero-order valence-electron chi connectivity index (χ0n) is 16.8. The zero-order valence-corrected chi connectivity index (χ0v) is 16.8. The largest absolute Gasteiger partial charge is 0.507 e. The van der Waals surface area contributed by atoms with Gasteiger partial charge in [0.25, 0.3) is 5.56 Å². The normalized spacial score (nSPS) is 16.8. The molecule has 1 saturated heterocycles. The first-order valence-corrected chi connectivity index (χ1v) is 9.83. The topological polar surface area (TPSA) is 74.7 Å². The lowest BCUT2D eigenvalue weighted by atomic mass is 9.97. The molecule has 0 spiro atoms. The highest BCUT2D eigenvalue weighted by Gasteiger charge is 2.31. The van der Waals surface area contributed by atoms with Gasteiger partial charge in [0.1, 0.15) is 11.5 Å². The summed E-state index contributed by atoms with van der Waals surface area (Å²) >= 11 is 0. The summed E-state index contributed by atoms with van der Waals surface area (Å²) < 4.78 is 7.10. The Labute approximate surface area is 169 Å². The Balaban J connectivity index is 1.82. The molecule has 0 amide bonds. The molecule has 4 rings (SSSR count). The van der Waals surface area contributed by atoms with Gasteiger partial charge < -0.3 is 19.0 Å². The minimum Gasteiger partial charge on any atom is -0.507 e. The molecule has 29 heavy (non-hydrogen) atoms. The second-order valence-corrected chi connectivity index (χ2v) is 7.58. The number of piperazine rings is 1. The summed E-state index contributed by atoms with van der Waals surface area (Å²) in [5.74, 6) is 0.723. The average molecular weight is 394 g/mol. The molecule has 0 unspecified atom stereocenters. The molecule has 0 aromatic carbocycles. The van der Waals surface area contributed by atoms with E-state index in [1.54, 1.807) is 35.4 Å². The van der Waals surface area contributed by atoms with Crippen LogP contribution >= 0.6 is 0 Å². The lowest BCUT2D eigenvalue weighted by Crippen LogP contribution is -2.47. The predicted molar refractivity (Wildman–Crippen MR) is 110 cm³/mol. The third kappa shape index (κ3) is 3.97. The SMILES string of the molecule is Cc1cc(O)c([C@H](c2cccnc2)N2CCN(C)CC2)c(=O)n1Cc1ccco1. The smallest absolute Gasteiger partial charge is 0.260 e. The fourth-order valence-electron chi connectivity index (χ4n) is 3.96. The number of aromatic hydroxyl groups is 1. The highest BCUT2D eigenvalue weighted by atomic mass is 16.3. The van der Waals surface area contributed by atoms with Gasteiger partial charge >= 0.3 is 0 Å². The minimum atomic E-state index is -0.353. The maximum absolute atomic E-state index is 13.6. The van der Waals surface area contributed by atoms with E-state index >= 15 is 0 Å². The van der Waals surface area contributed by atoms with Gasteiger partial charge in [0, 0.05) is 44.3 Å². The van der Waals surface area contributed by atoms with Crippen molar-refractivity contribution in [1.82, 2.24) is 19.4 Å². The van der Waals surface area contributed by atoms with Crippen LogP contribution in [0.3, 0.4) is 0 Å². The van der Waals surface area contributed by atoms with E-state index in [0.717, 1.165) is 31.7 Å². The molecule has 1 atom stereocenters. The first-order valence-electron chi connectivity index (χ1n) is 9.83. The van der Waals surface area contributed by atoms with Crippen LogP contribution in [0.2, 0.25) is 0 Å².